The van der Waals surface area contributed by atoms with Crippen molar-refractivity contribution >= 4 is 15.9 Å². The molecule has 1 amide bonds. The van der Waals surface area contributed by atoms with Crippen molar-refractivity contribution in [3.05, 3.63) is 35.4 Å². The fourth-order valence-electron chi connectivity index (χ4n) is 1.64. The lowest BCUT2D eigenvalue weighted by atomic mass is 10.1. The van der Waals surface area contributed by atoms with E-state index in [1.807, 2.05) is 7.05 Å². The van der Waals surface area contributed by atoms with E-state index < -0.39 is 10.0 Å². The van der Waals surface area contributed by atoms with Crippen LogP contribution in [0.25, 0.3) is 0 Å². The number of rotatable bonds is 9. The van der Waals surface area contributed by atoms with Crippen LogP contribution in [-0.4, -0.2) is 40.2 Å². The number of nitrogens with one attached hydrogen (secondary N) is 3. The van der Waals surface area contributed by atoms with Gasteiger partial charge in [0.05, 0.1) is 5.75 Å². The summed E-state index contributed by atoms with van der Waals surface area (Å²) in [6.07, 6.45) is 0.874. The molecule has 0 aliphatic rings. The van der Waals surface area contributed by atoms with Gasteiger partial charge in [-0.3, -0.25) is 4.79 Å². The quantitative estimate of drug-likeness (QED) is 0.578. The highest BCUT2D eigenvalue weighted by molar-refractivity contribution is 7.89. The van der Waals surface area contributed by atoms with E-state index in [4.69, 9.17) is 0 Å². The van der Waals surface area contributed by atoms with E-state index in [0.717, 1.165) is 18.5 Å². The van der Waals surface area contributed by atoms with Crippen molar-refractivity contribution in [2.24, 2.45) is 0 Å². The van der Waals surface area contributed by atoms with Crippen molar-refractivity contribution in [2.75, 3.05) is 25.9 Å². The highest BCUT2D eigenvalue weighted by Crippen LogP contribution is 2.05. The van der Waals surface area contributed by atoms with E-state index in [1.165, 1.54) is 0 Å². The second-order valence-corrected chi connectivity index (χ2v) is 6.73. The molecule has 0 fully saturated rings. The normalized spacial score (nSPS) is 11.3. The zero-order chi connectivity index (χ0) is 15.7. The lowest BCUT2D eigenvalue weighted by molar-refractivity contribution is 0.0953. The first kappa shape index (κ1) is 17.6. The second kappa shape index (κ2) is 8.76. The van der Waals surface area contributed by atoms with Crippen LogP contribution in [0.3, 0.4) is 0 Å². The van der Waals surface area contributed by atoms with E-state index in [9.17, 15) is 13.2 Å². The lowest BCUT2D eigenvalue weighted by Gasteiger charge is -2.07. The standard InChI is InChI=1S/C14H23N3O3S/c1-3-21(19,20)17-11-12-5-7-13(8-6-12)14(18)16-10-4-9-15-2/h5-8,15,17H,3-4,9-11H2,1-2H3,(H,16,18). The van der Waals surface area contributed by atoms with E-state index in [1.54, 1.807) is 31.2 Å². The molecule has 0 unspecified atom stereocenters. The number of carbonyl (C=O) groups is 1. The Labute approximate surface area is 126 Å². The molecule has 1 aromatic carbocycles. The van der Waals surface area contributed by atoms with Crippen molar-refractivity contribution < 1.29 is 13.2 Å². The third-order valence-corrected chi connectivity index (χ3v) is 4.33. The molecule has 0 radical (unpaired) electrons. The summed E-state index contributed by atoms with van der Waals surface area (Å²) in [6, 6.07) is 6.90. The summed E-state index contributed by atoms with van der Waals surface area (Å²) in [5.41, 5.74) is 1.39. The maximum absolute atomic E-state index is 11.8. The molecule has 0 spiro atoms. The Morgan fingerprint density at radius 2 is 1.81 bits per heavy atom. The summed E-state index contributed by atoms with van der Waals surface area (Å²) in [5.74, 6) is -0.0630. The molecular formula is C14H23N3O3S. The summed E-state index contributed by atoms with van der Waals surface area (Å²) in [6.45, 7) is 3.30. The molecule has 118 valence electrons. The summed E-state index contributed by atoms with van der Waals surface area (Å²) in [5, 5.41) is 5.84. The lowest BCUT2D eigenvalue weighted by Crippen LogP contribution is -2.27. The van der Waals surface area contributed by atoms with Gasteiger partial charge in [0.2, 0.25) is 10.0 Å². The maximum Gasteiger partial charge on any atom is 0.251 e. The Morgan fingerprint density at radius 3 is 2.38 bits per heavy atom. The van der Waals surface area contributed by atoms with Crippen molar-refractivity contribution in [3.63, 3.8) is 0 Å². The molecule has 1 rings (SSSR count). The molecule has 0 saturated heterocycles. The van der Waals surface area contributed by atoms with Crippen molar-refractivity contribution in [1.29, 1.82) is 0 Å². The molecule has 1 aromatic rings. The molecule has 0 bridgehead atoms. The van der Waals surface area contributed by atoms with Gasteiger partial charge in [-0.2, -0.15) is 0 Å². The minimum absolute atomic E-state index is 0.0557. The van der Waals surface area contributed by atoms with Crippen LogP contribution in [0.15, 0.2) is 24.3 Å². The molecule has 0 aliphatic carbocycles. The second-order valence-electron chi connectivity index (χ2n) is 4.63. The topological polar surface area (TPSA) is 87.3 Å². The van der Waals surface area contributed by atoms with Crippen molar-refractivity contribution in [2.45, 2.75) is 19.9 Å². The monoisotopic (exact) mass is 313 g/mol. The molecule has 0 atom stereocenters. The van der Waals surface area contributed by atoms with Gasteiger partial charge < -0.3 is 10.6 Å². The fourth-order valence-corrected chi connectivity index (χ4v) is 2.23. The van der Waals surface area contributed by atoms with E-state index in [2.05, 4.69) is 15.4 Å². The van der Waals surface area contributed by atoms with Gasteiger partial charge >= 0.3 is 0 Å². The van der Waals surface area contributed by atoms with E-state index in [-0.39, 0.29) is 18.2 Å². The van der Waals surface area contributed by atoms with Gasteiger partial charge in [-0.1, -0.05) is 12.1 Å². The Morgan fingerprint density at radius 1 is 1.14 bits per heavy atom. The Hall–Kier alpha value is -1.44. The Kier molecular flexibility index (Phi) is 7.35. The minimum Gasteiger partial charge on any atom is -0.352 e. The zero-order valence-corrected chi connectivity index (χ0v) is 13.3. The van der Waals surface area contributed by atoms with Crippen LogP contribution in [-0.2, 0) is 16.6 Å². The zero-order valence-electron chi connectivity index (χ0n) is 12.5. The molecule has 0 saturated carbocycles. The summed E-state index contributed by atoms with van der Waals surface area (Å²) < 4.78 is 25.2. The van der Waals surface area contributed by atoms with Crippen molar-refractivity contribution in [1.82, 2.24) is 15.4 Å². The van der Waals surface area contributed by atoms with Crippen LogP contribution in [0.5, 0.6) is 0 Å². The first-order valence-corrected chi connectivity index (χ1v) is 8.63. The molecule has 0 aromatic heterocycles. The Bertz CT molecular complexity index is 541. The van der Waals surface area contributed by atoms with Crippen LogP contribution in [0.4, 0.5) is 0 Å². The molecule has 7 heteroatoms. The summed E-state index contributed by atoms with van der Waals surface area (Å²) in [4.78, 5) is 11.8. The average molecular weight is 313 g/mol. The van der Waals surface area contributed by atoms with Crippen molar-refractivity contribution in [3.8, 4) is 0 Å². The minimum atomic E-state index is -3.20. The molecule has 21 heavy (non-hydrogen) atoms. The smallest absolute Gasteiger partial charge is 0.251 e. The highest BCUT2D eigenvalue weighted by atomic mass is 32.2. The predicted molar refractivity (Wildman–Crippen MR) is 83.6 cm³/mol. The molecule has 0 aliphatic heterocycles. The SMILES string of the molecule is CCS(=O)(=O)NCc1ccc(C(=O)NCCCNC)cc1. The van der Waals surface area contributed by atoms with E-state index >= 15 is 0 Å². The first-order valence-electron chi connectivity index (χ1n) is 6.97. The predicted octanol–water partition coefficient (Wildman–Crippen LogP) is 0.465. The Balaban J connectivity index is 2.48. The fraction of sp³-hybridized carbons (Fsp3) is 0.500. The van der Waals surface area contributed by atoms with Gasteiger partial charge in [-0.05, 0) is 44.6 Å². The van der Waals surface area contributed by atoms with E-state index in [0.29, 0.717) is 12.1 Å². The van der Waals surface area contributed by atoms with Gasteiger partial charge in [-0.15, -0.1) is 0 Å². The summed E-state index contributed by atoms with van der Waals surface area (Å²) >= 11 is 0. The van der Waals surface area contributed by atoms with Gasteiger partial charge in [0.25, 0.3) is 5.91 Å². The number of amides is 1. The maximum atomic E-state index is 11.8. The van der Waals surface area contributed by atoms with Crippen LogP contribution >= 0.6 is 0 Å². The van der Waals surface area contributed by atoms with Crippen LogP contribution in [0.2, 0.25) is 0 Å². The third-order valence-electron chi connectivity index (χ3n) is 2.98. The first-order chi connectivity index (χ1) is 9.98. The number of sulfonamides is 1. The number of benzene rings is 1. The molecule has 6 nitrogen and oxygen atoms in total. The molecular weight excluding hydrogens is 290 g/mol. The third kappa shape index (κ3) is 6.70. The average Bonchev–Trinajstić information content (AvgIpc) is 2.50. The van der Waals surface area contributed by atoms with Gasteiger partial charge in [0, 0.05) is 18.7 Å². The van der Waals surface area contributed by atoms with Gasteiger partial charge in [0.1, 0.15) is 0 Å². The molecule has 0 heterocycles. The van der Waals surface area contributed by atoms with Crippen LogP contribution in [0, 0.1) is 0 Å². The number of hydrogen-bond donors (Lipinski definition) is 3. The number of carbonyl (C=O) groups excluding carboxylic acids is 1. The molecule has 3 N–H and O–H groups in total. The van der Waals surface area contributed by atoms with Crippen LogP contribution in [0.1, 0.15) is 29.3 Å². The number of hydrogen-bond acceptors (Lipinski definition) is 4. The van der Waals surface area contributed by atoms with Gasteiger partial charge in [-0.25, -0.2) is 13.1 Å². The van der Waals surface area contributed by atoms with Gasteiger partial charge in [0.15, 0.2) is 0 Å². The van der Waals surface area contributed by atoms with Crippen LogP contribution < -0.4 is 15.4 Å². The highest BCUT2D eigenvalue weighted by Gasteiger charge is 2.07. The summed E-state index contributed by atoms with van der Waals surface area (Å²) in [7, 11) is -1.33. The largest absolute Gasteiger partial charge is 0.352 e.